The van der Waals surface area contributed by atoms with Crippen LogP contribution in [0.25, 0.3) is 0 Å². The molecule has 0 unspecified atom stereocenters. The molecule has 20 heavy (non-hydrogen) atoms. The van der Waals surface area contributed by atoms with E-state index in [0.717, 1.165) is 44.7 Å². The summed E-state index contributed by atoms with van der Waals surface area (Å²) >= 11 is 0. The zero-order valence-corrected chi connectivity index (χ0v) is 13.3. The summed E-state index contributed by atoms with van der Waals surface area (Å²) in [5, 5.41) is 0. The Balaban J connectivity index is 1.91. The van der Waals surface area contributed by atoms with Gasteiger partial charge in [-0.25, -0.2) is 8.42 Å². The van der Waals surface area contributed by atoms with Gasteiger partial charge in [0.05, 0.1) is 12.8 Å². The molecular formula is C13H26N4O2S. The molecule has 2 heterocycles. The highest BCUT2D eigenvalue weighted by Gasteiger charge is 2.31. The minimum atomic E-state index is -3.12. The van der Waals surface area contributed by atoms with Crippen molar-refractivity contribution < 1.29 is 8.42 Å². The van der Waals surface area contributed by atoms with E-state index in [9.17, 15) is 8.42 Å². The standard InChI is InChI=1S/C13H26N4O2S/c1-11-5-8-16(9-6-11)13(14)15-10-12-4-3-7-17(12)20(2,18)19/h11-12H,3-10H2,1-2H3,(H2,14,15)/t12-/m1/s1. The molecule has 0 aliphatic carbocycles. The smallest absolute Gasteiger partial charge is 0.211 e. The Hall–Kier alpha value is -0.820. The number of rotatable bonds is 3. The fraction of sp³-hybridized carbons (Fsp3) is 0.923. The van der Waals surface area contributed by atoms with E-state index in [2.05, 4.69) is 16.8 Å². The van der Waals surface area contributed by atoms with Crippen molar-refractivity contribution in [2.75, 3.05) is 32.4 Å². The van der Waals surface area contributed by atoms with Crippen molar-refractivity contribution in [2.45, 2.75) is 38.6 Å². The lowest BCUT2D eigenvalue weighted by atomic mass is 10.00. The maximum atomic E-state index is 11.7. The molecule has 0 saturated carbocycles. The molecular weight excluding hydrogens is 276 g/mol. The number of nitrogens with zero attached hydrogens (tertiary/aromatic N) is 3. The van der Waals surface area contributed by atoms with Gasteiger partial charge in [0.2, 0.25) is 10.0 Å². The third-order valence-corrected chi connectivity index (χ3v) is 5.65. The molecule has 7 heteroatoms. The topological polar surface area (TPSA) is 79.0 Å². The van der Waals surface area contributed by atoms with E-state index < -0.39 is 10.0 Å². The Morgan fingerprint density at radius 1 is 1.25 bits per heavy atom. The highest BCUT2D eigenvalue weighted by molar-refractivity contribution is 7.88. The van der Waals surface area contributed by atoms with E-state index in [1.807, 2.05) is 0 Å². The Labute approximate surface area is 122 Å². The van der Waals surface area contributed by atoms with Crippen LogP contribution < -0.4 is 5.73 Å². The van der Waals surface area contributed by atoms with Crippen LogP contribution >= 0.6 is 0 Å². The molecule has 0 aromatic carbocycles. The van der Waals surface area contributed by atoms with Gasteiger partial charge >= 0.3 is 0 Å². The Morgan fingerprint density at radius 3 is 2.50 bits per heavy atom. The third kappa shape index (κ3) is 3.85. The van der Waals surface area contributed by atoms with E-state index in [1.54, 1.807) is 4.31 Å². The number of hydrogen-bond acceptors (Lipinski definition) is 3. The molecule has 2 aliphatic heterocycles. The molecule has 0 radical (unpaired) electrons. The monoisotopic (exact) mass is 302 g/mol. The van der Waals surface area contributed by atoms with Crippen molar-refractivity contribution in [3.05, 3.63) is 0 Å². The predicted octanol–water partition coefficient (Wildman–Crippen LogP) is 0.457. The number of likely N-dealkylation sites (tertiary alicyclic amines) is 1. The average molecular weight is 302 g/mol. The van der Waals surface area contributed by atoms with Crippen LogP contribution in [-0.2, 0) is 10.0 Å². The van der Waals surface area contributed by atoms with Gasteiger partial charge in [0.1, 0.15) is 0 Å². The summed E-state index contributed by atoms with van der Waals surface area (Å²) in [6.45, 7) is 5.26. The summed E-state index contributed by atoms with van der Waals surface area (Å²) in [6.07, 6.45) is 5.35. The van der Waals surface area contributed by atoms with Crippen molar-refractivity contribution in [3.63, 3.8) is 0 Å². The van der Waals surface area contributed by atoms with Crippen molar-refractivity contribution in [1.29, 1.82) is 0 Å². The van der Waals surface area contributed by atoms with Crippen LogP contribution in [0.15, 0.2) is 4.99 Å². The lowest BCUT2D eigenvalue weighted by molar-refractivity contribution is 0.277. The molecule has 2 rings (SSSR count). The number of guanidine groups is 1. The normalized spacial score (nSPS) is 27.2. The van der Waals surface area contributed by atoms with Crippen LogP contribution in [-0.4, -0.2) is 62.1 Å². The van der Waals surface area contributed by atoms with Crippen LogP contribution in [0.1, 0.15) is 32.6 Å². The van der Waals surface area contributed by atoms with Gasteiger partial charge < -0.3 is 10.6 Å². The van der Waals surface area contributed by atoms with E-state index in [-0.39, 0.29) is 6.04 Å². The molecule has 116 valence electrons. The largest absolute Gasteiger partial charge is 0.370 e. The number of aliphatic imine (C=N–C) groups is 1. The molecule has 0 amide bonds. The maximum absolute atomic E-state index is 11.7. The second kappa shape index (κ2) is 6.30. The quantitative estimate of drug-likeness (QED) is 0.607. The highest BCUT2D eigenvalue weighted by atomic mass is 32.2. The minimum Gasteiger partial charge on any atom is -0.370 e. The van der Waals surface area contributed by atoms with E-state index in [0.29, 0.717) is 19.0 Å². The second-order valence-electron chi connectivity index (χ2n) is 6.04. The van der Waals surface area contributed by atoms with Crippen molar-refractivity contribution >= 4 is 16.0 Å². The first-order valence-electron chi connectivity index (χ1n) is 7.39. The molecule has 2 aliphatic rings. The lowest BCUT2D eigenvalue weighted by Crippen LogP contribution is -2.43. The van der Waals surface area contributed by atoms with E-state index in [4.69, 9.17) is 5.73 Å². The molecule has 2 saturated heterocycles. The van der Waals surface area contributed by atoms with Gasteiger partial charge in [-0.1, -0.05) is 6.92 Å². The van der Waals surface area contributed by atoms with Gasteiger partial charge in [-0.15, -0.1) is 0 Å². The van der Waals surface area contributed by atoms with Gasteiger partial charge in [-0.3, -0.25) is 4.99 Å². The van der Waals surface area contributed by atoms with Gasteiger partial charge in [-0.05, 0) is 31.6 Å². The Bertz CT molecular complexity index is 455. The fourth-order valence-electron chi connectivity index (χ4n) is 2.96. The molecule has 6 nitrogen and oxygen atoms in total. The van der Waals surface area contributed by atoms with Crippen LogP contribution in [0, 0.1) is 5.92 Å². The molecule has 1 atom stereocenters. The van der Waals surface area contributed by atoms with Crippen LogP contribution in [0.5, 0.6) is 0 Å². The molecule has 2 fully saturated rings. The third-order valence-electron chi connectivity index (χ3n) is 4.32. The summed E-state index contributed by atoms with van der Waals surface area (Å²) in [4.78, 5) is 6.54. The first-order chi connectivity index (χ1) is 9.38. The van der Waals surface area contributed by atoms with Crippen LogP contribution in [0.2, 0.25) is 0 Å². The minimum absolute atomic E-state index is 0.0211. The number of nitrogens with two attached hydrogens (primary N) is 1. The first-order valence-corrected chi connectivity index (χ1v) is 9.24. The SMILES string of the molecule is CC1CCN(C(N)=NC[C@H]2CCCN2S(C)(=O)=O)CC1. The Morgan fingerprint density at radius 2 is 1.90 bits per heavy atom. The van der Waals surface area contributed by atoms with Crippen molar-refractivity contribution in [2.24, 2.45) is 16.6 Å². The maximum Gasteiger partial charge on any atom is 0.211 e. The zero-order chi connectivity index (χ0) is 14.8. The van der Waals surface area contributed by atoms with Gasteiger partial charge in [0.15, 0.2) is 5.96 Å². The molecule has 0 aromatic heterocycles. The molecule has 0 spiro atoms. The summed E-state index contributed by atoms with van der Waals surface area (Å²) in [5.41, 5.74) is 6.03. The van der Waals surface area contributed by atoms with E-state index >= 15 is 0 Å². The number of sulfonamides is 1. The summed E-state index contributed by atoms with van der Waals surface area (Å²) in [6, 6.07) is -0.0211. The van der Waals surface area contributed by atoms with E-state index in [1.165, 1.54) is 6.26 Å². The van der Waals surface area contributed by atoms with Crippen molar-refractivity contribution in [3.8, 4) is 0 Å². The van der Waals surface area contributed by atoms with Crippen molar-refractivity contribution in [1.82, 2.24) is 9.21 Å². The summed E-state index contributed by atoms with van der Waals surface area (Å²) in [5.74, 6) is 1.33. The highest BCUT2D eigenvalue weighted by Crippen LogP contribution is 2.21. The predicted molar refractivity (Wildman–Crippen MR) is 81.0 cm³/mol. The summed E-state index contributed by atoms with van der Waals surface area (Å²) in [7, 11) is -3.12. The Kier molecular flexibility index (Phi) is 4.90. The molecule has 0 bridgehead atoms. The zero-order valence-electron chi connectivity index (χ0n) is 12.5. The van der Waals surface area contributed by atoms with Gasteiger partial charge in [0, 0.05) is 25.7 Å². The molecule has 2 N–H and O–H groups in total. The average Bonchev–Trinajstić information content (AvgIpc) is 2.85. The molecule has 0 aromatic rings. The number of piperidine rings is 1. The lowest BCUT2D eigenvalue weighted by Gasteiger charge is -2.31. The van der Waals surface area contributed by atoms with Crippen LogP contribution in [0.4, 0.5) is 0 Å². The number of hydrogen-bond donors (Lipinski definition) is 1. The first kappa shape index (κ1) is 15.6. The van der Waals surface area contributed by atoms with Gasteiger partial charge in [0.25, 0.3) is 0 Å². The fourth-order valence-corrected chi connectivity index (χ4v) is 4.14. The van der Waals surface area contributed by atoms with Gasteiger partial charge in [-0.2, -0.15) is 4.31 Å². The van der Waals surface area contributed by atoms with Crippen LogP contribution in [0.3, 0.4) is 0 Å². The summed E-state index contributed by atoms with van der Waals surface area (Å²) < 4.78 is 24.9. The second-order valence-corrected chi connectivity index (χ2v) is 7.97.